The molecule has 0 rings (SSSR count). The van der Waals surface area contributed by atoms with Gasteiger partial charge in [-0.1, -0.05) is 29.8 Å². The molecule has 0 saturated heterocycles. The third kappa shape index (κ3) is 2.83. The van der Waals surface area contributed by atoms with E-state index in [2.05, 4.69) is 18.3 Å². The summed E-state index contributed by atoms with van der Waals surface area (Å²) in [4.78, 5) is 3.37. The molecule has 0 N–H and O–H groups in total. The second-order valence-corrected chi connectivity index (χ2v) is 1.93. The zero-order valence-corrected chi connectivity index (χ0v) is 5.71. The SMILES string of the molecule is C=NC=C(Cl)C(=C)Cl. The van der Waals surface area contributed by atoms with Crippen molar-refractivity contribution in [3.05, 3.63) is 22.8 Å². The van der Waals surface area contributed by atoms with Gasteiger partial charge in [-0.25, -0.2) is 0 Å². The van der Waals surface area contributed by atoms with Crippen molar-refractivity contribution >= 4 is 29.9 Å². The van der Waals surface area contributed by atoms with Gasteiger partial charge in [0.15, 0.2) is 0 Å². The summed E-state index contributed by atoms with van der Waals surface area (Å²) in [6, 6.07) is 0. The molecule has 0 spiro atoms. The quantitative estimate of drug-likeness (QED) is 0.423. The zero-order chi connectivity index (χ0) is 6.57. The lowest BCUT2D eigenvalue weighted by Crippen LogP contribution is -1.64. The smallest absolute Gasteiger partial charge is 0.0768 e. The summed E-state index contributed by atoms with van der Waals surface area (Å²) in [5.41, 5.74) is 0. The molecule has 3 heteroatoms. The Balaban J connectivity index is 3.99. The first-order chi connectivity index (χ1) is 3.68. The fourth-order valence-corrected chi connectivity index (χ4v) is 0.268. The number of nitrogens with zero attached hydrogens (tertiary/aromatic N) is 1. The second kappa shape index (κ2) is 3.70. The molecule has 0 unspecified atom stereocenters. The minimum Gasteiger partial charge on any atom is -0.271 e. The summed E-state index contributed by atoms with van der Waals surface area (Å²) < 4.78 is 0. The van der Waals surface area contributed by atoms with Crippen LogP contribution in [0.25, 0.3) is 0 Å². The molecule has 0 bridgehead atoms. The van der Waals surface area contributed by atoms with Gasteiger partial charge in [0, 0.05) is 6.20 Å². The molecule has 0 saturated carbocycles. The molecule has 0 amide bonds. The summed E-state index contributed by atoms with van der Waals surface area (Å²) >= 11 is 10.7. The van der Waals surface area contributed by atoms with Crippen LogP contribution in [-0.2, 0) is 0 Å². The predicted octanol–water partition coefficient (Wildman–Crippen LogP) is 2.52. The molecular weight excluding hydrogens is 145 g/mol. The monoisotopic (exact) mass is 149 g/mol. The molecule has 44 valence electrons. The maximum Gasteiger partial charge on any atom is 0.0768 e. The highest BCUT2D eigenvalue weighted by molar-refractivity contribution is 6.43. The lowest BCUT2D eigenvalue weighted by Gasteiger charge is -1.86. The first-order valence-electron chi connectivity index (χ1n) is 1.84. The maximum absolute atomic E-state index is 5.41. The lowest BCUT2D eigenvalue weighted by atomic mass is 10.6. The van der Waals surface area contributed by atoms with E-state index in [0.29, 0.717) is 5.03 Å². The summed E-state index contributed by atoms with van der Waals surface area (Å²) in [7, 11) is 0. The van der Waals surface area contributed by atoms with Gasteiger partial charge in [0.1, 0.15) is 0 Å². The maximum atomic E-state index is 5.41. The molecule has 0 aromatic carbocycles. The zero-order valence-electron chi connectivity index (χ0n) is 4.19. The van der Waals surface area contributed by atoms with Crippen LogP contribution in [0, 0.1) is 0 Å². The molecule has 0 aliphatic rings. The van der Waals surface area contributed by atoms with Crippen molar-refractivity contribution in [1.29, 1.82) is 0 Å². The van der Waals surface area contributed by atoms with Gasteiger partial charge in [0.05, 0.1) is 10.1 Å². The molecular formula is C5H5Cl2N. The molecule has 0 atom stereocenters. The highest BCUT2D eigenvalue weighted by Gasteiger charge is 1.89. The van der Waals surface area contributed by atoms with E-state index in [1.807, 2.05) is 0 Å². The van der Waals surface area contributed by atoms with Gasteiger partial charge in [-0.2, -0.15) is 0 Å². The summed E-state index contributed by atoms with van der Waals surface area (Å²) in [6.07, 6.45) is 1.33. The highest BCUT2D eigenvalue weighted by atomic mass is 35.5. The van der Waals surface area contributed by atoms with Crippen molar-refractivity contribution in [1.82, 2.24) is 0 Å². The van der Waals surface area contributed by atoms with Crippen LogP contribution in [0.4, 0.5) is 0 Å². The van der Waals surface area contributed by atoms with Crippen molar-refractivity contribution in [2.24, 2.45) is 4.99 Å². The molecule has 8 heavy (non-hydrogen) atoms. The average molecular weight is 150 g/mol. The van der Waals surface area contributed by atoms with Crippen molar-refractivity contribution in [3.63, 3.8) is 0 Å². The topological polar surface area (TPSA) is 12.4 Å². The van der Waals surface area contributed by atoms with Crippen LogP contribution in [0.15, 0.2) is 27.8 Å². The third-order valence-corrected chi connectivity index (χ3v) is 1.09. The molecule has 0 aromatic rings. The number of hydrogen-bond acceptors (Lipinski definition) is 1. The molecule has 0 aromatic heterocycles. The van der Waals surface area contributed by atoms with Gasteiger partial charge in [0.2, 0.25) is 0 Å². The van der Waals surface area contributed by atoms with Crippen molar-refractivity contribution in [3.8, 4) is 0 Å². The van der Waals surface area contributed by atoms with E-state index >= 15 is 0 Å². The number of aliphatic imine (C=N–C) groups is 1. The largest absolute Gasteiger partial charge is 0.271 e. The van der Waals surface area contributed by atoms with Crippen molar-refractivity contribution < 1.29 is 0 Å². The number of hydrogen-bond donors (Lipinski definition) is 0. The Kier molecular flexibility index (Phi) is 3.57. The van der Waals surface area contributed by atoms with Gasteiger partial charge in [-0.15, -0.1) is 0 Å². The van der Waals surface area contributed by atoms with Crippen LogP contribution in [0.5, 0.6) is 0 Å². The van der Waals surface area contributed by atoms with Gasteiger partial charge in [0.25, 0.3) is 0 Å². The molecule has 0 radical (unpaired) electrons. The van der Waals surface area contributed by atoms with E-state index in [9.17, 15) is 0 Å². The number of halogens is 2. The summed E-state index contributed by atoms with van der Waals surface area (Å²) in [6.45, 7) is 6.52. The average Bonchev–Trinajstić information content (AvgIpc) is 1.67. The fourth-order valence-electron chi connectivity index (χ4n) is 0.150. The van der Waals surface area contributed by atoms with E-state index in [1.54, 1.807) is 0 Å². The third-order valence-electron chi connectivity index (χ3n) is 0.464. The lowest BCUT2D eigenvalue weighted by molar-refractivity contribution is 1.58. The fraction of sp³-hybridized carbons (Fsp3) is 0. The Morgan fingerprint density at radius 1 is 1.50 bits per heavy atom. The van der Waals surface area contributed by atoms with Crippen LogP contribution in [0.3, 0.4) is 0 Å². The first kappa shape index (κ1) is 7.73. The van der Waals surface area contributed by atoms with Crippen molar-refractivity contribution in [2.45, 2.75) is 0 Å². The van der Waals surface area contributed by atoms with Gasteiger partial charge < -0.3 is 0 Å². The Morgan fingerprint density at radius 3 is 2.12 bits per heavy atom. The Labute approximate surface area is 58.3 Å². The van der Waals surface area contributed by atoms with Gasteiger partial charge >= 0.3 is 0 Å². The highest BCUT2D eigenvalue weighted by Crippen LogP contribution is 2.15. The van der Waals surface area contributed by atoms with E-state index in [-0.39, 0.29) is 5.03 Å². The molecule has 0 fully saturated rings. The van der Waals surface area contributed by atoms with Gasteiger partial charge in [-0.05, 0) is 6.72 Å². The number of rotatable bonds is 2. The Hall–Kier alpha value is -0.270. The van der Waals surface area contributed by atoms with Crippen molar-refractivity contribution in [2.75, 3.05) is 0 Å². The standard InChI is InChI=1S/C5H5Cl2N/c1-4(6)5(7)3-8-2/h3H,1-2H2. The van der Waals surface area contributed by atoms with Crippen LogP contribution in [0.1, 0.15) is 0 Å². The molecule has 0 heterocycles. The molecule has 0 aliphatic heterocycles. The Bertz CT molecular complexity index is 137. The normalized spacial score (nSPS) is 11.0. The molecule has 1 nitrogen and oxygen atoms in total. The van der Waals surface area contributed by atoms with Gasteiger partial charge in [-0.3, -0.25) is 4.99 Å². The summed E-state index contributed by atoms with van der Waals surface area (Å²) in [5, 5.41) is 0.598. The van der Waals surface area contributed by atoms with E-state index in [4.69, 9.17) is 23.2 Å². The van der Waals surface area contributed by atoms with E-state index < -0.39 is 0 Å². The van der Waals surface area contributed by atoms with Crippen LogP contribution >= 0.6 is 23.2 Å². The number of allylic oxidation sites excluding steroid dienone is 2. The van der Waals surface area contributed by atoms with E-state index in [1.165, 1.54) is 6.20 Å². The van der Waals surface area contributed by atoms with Crippen LogP contribution < -0.4 is 0 Å². The molecule has 0 aliphatic carbocycles. The predicted molar refractivity (Wildman–Crippen MR) is 38.5 cm³/mol. The van der Waals surface area contributed by atoms with Crippen LogP contribution in [-0.4, -0.2) is 6.72 Å². The first-order valence-corrected chi connectivity index (χ1v) is 2.60. The second-order valence-electron chi connectivity index (χ2n) is 1.06. The summed E-state index contributed by atoms with van der Waals surface area (Å²) in [5.74, 6) is 0. The minimum atomic E-state index is 0.277. The minimum absolute atomic E-state index is 0.277. The van der Waals surface area contributed by atoms with E-state index in [0.717, 1.165) is 0 Å². The Morgan fingerprint density at radius 2 is 2.00 bits per heavy atom. The van der Waals surface area contributed by atoms with Crippen LogP contribution in [0.2, 0.25) is 0 Å².